The molecule has 0 fully saturated rings. The Hall–Kier alpha value is -5.98. The summed E-state index contributed by atoms with van der Waals surface area (Å²) < 4.78 is 33.4. The third kappa shape index (κ3) is 12.3. The smallest absolute Gasteiger partial charge is 0.497 e. The number of hydrogen-bond donors (Lipinski definition) is 2. The molecule has 0 bridgehead atoms. The highest BCUT2D eigenvalue weighted by molar-refractivity contribution is 5.93. The van der Waals surface area contributed by atoms with Gasteiger partial charge in [0.2, 0.25) is 5.91 Å². The van der Waals surface area contributed by atoms with Crippen molar-refractivity contribution in [3.8, 4) is 17.2 Å². The van der Waals surface area contributed by atoms with Crippen molar-refractivity contribution in [3.05, 3.63) is 89.6 Å². The first-order chi connectivity index (χ1) is 25.0. The minimum absolute atomic E-state index is 0.0171. The summed E-state index contributed by atoms with van der Waals surface area (Å²) in [4.78, 5) is 51.6. The van der Waals surface area contributed by atoms with E-state index in [9.17, 15) is 19.2 Å². The number of nitrogens with zero attached hydrogens (tertiary/aromatic N) is 1. The number of carbonyl (C=O) groups excluding carboxylic acids is 4. The van der Waals surface area contributed by atoms with Gasteiger partial charge in [0.05, 0.1) is 26.3 Å². The molecule has 4 rings (SSSR count). The van der Waals surface area contributed by atoms with Gasteiger partial charge in [0.1, 0.15) is 41.1 Å². The van der Waals surface area contributed by atoms with E-state index in [0.29, 0.717) is 28.0 Å². The number of benzene rings is 3. The summed E-state index contributed by atoms with van der Waals surface area (Å²) in [6, 6.07) is 18.4. The highest BCUT2D eigenvalue weighted by Gasteiger charge is 2.27. The Kier molecular flexibility index (Phi) is 13.1. The van der Waals surface area contributed by atoms with Crippen LogP contribution in [0.3, 0.4) is 0 Å². The summed E-state index contributed by atoms with van der Waals surface area (Å²) in [5, 5.41) is 6.02. The van der Waals surface area contributed by atoms with Crippen LogP contribution in [-0.4, -0.2) is 73.4 Å². The average Bonchev–Trinajstić information content (AvgIpc) is 3.46. The number of aromatic nitrogens is 1. The molecule has 0 radical (unpaired) electrons. The maximum Gasteiger partial charge on any atom is 0.513 e. The number of methoxy groups -OCH3 is 2. The van der Waals surface area contributed by atoms with E-state index < -0.39 is 41.5 Å². The lowest BCUT2D eigenvalue weighted by atomic mass is 10.0. The minimum atomic E-state index is -1.10. The van der Waals surface area contributed by atoms with Gasteiger partial charge in [0, 0.05) is 24.1 Å². The Labute approximate surface area is 309 Å². The summed E-state index contributed by atoms with van der Waals surface area (Å²) in [6.07, 6.45) is 3.07. The summed E-state index contributed by atoms with van der Waals surface area (Å²) in [7, 11) is 3.17. The molecule has 53 heavy (non-hydrogen) atoms. The zero-order valence-electron chi connectivity index (χ0n) is 31.3. The van der Waals surface area contributed by atoms with E-state index in [1.165, 1.54) is 4.57 Å². The van der Waals surface area contributed by atoms with Crippen molar-refractivity contribution < 1.29 is 47.6 Å². The highest BCUT2D eigenvalue weighted by atomic mass is 16.7. The Balaban J connectivity index is 1.35. The van der Waals surface area contributed by atoms with E-state index in [-0.39, 0.29) is 25.3 Å². The number of rotatable bonds is 12. The number of amides is 2. The lowest BCUT2D eigenvalue weighted by molar-refractivity contribution is -0.123. The number of nitrogens with one attached hydrogen (secondary N) is 2. The van der Waals surface area contributed by atoms with Gasteiger partial charge in [-0.15, -0.1) is 0 Å². The number of fused-ring (bicyclic) bond motifs is 1. The number of para-hydroxylation sites is 1. The summed E-state index contributed by atoms with van der Waals surface area (Å²) in [5.74, 6) is 1.05. The maximum atomic E-state index is 13.4. The predicted molar refractivity (Wildman–Crippen MR) is 200 cm³/mol. The molecule has 0 saturated carbocycles. The fraction of sp³-hybridized carbons (Fsp3) is 0.350. The summed E-state index contributed by atoms with van der Waals surface area (Å²) in [5.41, 5.74) is 1.40. The second-order valence-corrected chi connectivity index (χ2v) is 14.0. The van der Waals surface area contributed by atoms with Crippen LogP contribution in [0.2, 0.25) is 0 Å². The fourth-order valence-electron chi connectivity index (χ4n) is 5.08. The summed E-state index contributed by atoms with van der Waals surface area (Å²) >= 11 is 0. The van der Waals surface area contributed by atoms with Crippen LogP contribution in [0.15, 0.2) is 72.9 Å². The molecule has 282 valence electrons. The topological polar surface area (TPSA) is 153 Å². The lowest BCUT2D eigenvalue weighted by Gasteiger charge is -2.23. The zero-order chi connectivity index (χ0) is 38.8. The fourth-order valence-corrected chi connectivity index (χ4v) is 5.08. The van der Waals surface area contributed by atoms with Gasteiger partial charge in [0.15, 0.2) is 0 Å². The quantitative estimate of drug-likeness (QED) is 0.0497. The van der Waals surface area contributed by atoms with Crippen molar-refractivity contribution in [2.45, 2.75) is 65.2 Å². The van der Waals surface area contributed by atoms with Gasteiger partial charge in [0.25, 0.3) is 0 Å². The molecular weight excluding hydrogens is 682 g/mol. The van der Waals surface area contributed by atoms with Crippen LogP contribution in [0.1, 0.15) is 58.2 Å². The Morgan fingerprint density at radius 2 is 1.40 bits per heavy atom. The SMILES string of the molecule is COc1cc(/C=C/c2ccc(OC(=O)OCCNC(=O)C(Cc3cn(C(=O)OC(C)(C)C)c4ccccc34)NC(=O)OC(C)(C)C)cc2)cc(OC)c1. The molecule has 2 N–H and O–H groups in total. The van der Waals surface area contributed by atoms with Gasteiger partial charge >= 0.3 is 18.3 Å². The third-order valence-electron chi connectivity index (χ3n) is 7.36. The average molecular weight is 730 g/mol. The van der Waals surface area contributed by atoms with Crippen molar-refractivity contribution in [2.24, 2.45) is 0 Å². The first-order valence-electron chi connectivity index (χ1n) is 17.0. The van der Waals surface area contributed by atoms with E-state index in [1.807, 2.05) is 36.4 Å². The molecular formula is C40H47N3O10. The molecule has 4 aromatic rings. The van der Waals surface area contributed by atoms with Gasteiger partial charge in [-0.1, -0.05) is 42.5 Å². The monoisotopic (exact) mass is 729 g/mol. The van der Waals surface area contributed by atoms with Gasteiger partial charge < -0.3 is 39.1 Å². The molecule has 2 amide bonds. The Morgan fingerprint density at radius 3 is 2.02 bits per heavy atom. The van der Waals surface area contributed by atoms with Gasteiger partial charge in [-0.25, -0.2) is 14.4 Å². The molecule has 1 atom stereocenters. The second kappa shape index (κ2) is 17.5. The maximum absolute atomic E-state index is 13.4. The largest absolute Gasteiger partial charge is 0.513 e. The van der Waals surface area contributed by atoms with Crippen molar-refractivity contribution in [1.82, 2.24) is 15.2 Å². The number of ether oxygens (including phenoxy) is 6. The van der Waals surface area contributed by atoms with E-state index in [0.717, 1.165) is 11.1 Å². The molecule has 0 aliphatic rings. The molecule has 1 unspecified atom stereocenters. The normalized spacial score (nSPS) is 12.2. The van der Waals surface area contributed by atoms with E-state index >= 15 is 0 Å². The van der Waals surface area contributed by atoms with E-state index in [2.05, 4.69) is 10.6 Å². The molecule has 13 heteroatoms. The first kappa shape index (κ1) is 39.8. The van der Waals surface area contributed by atoms with Crippen molar-refractivity contribution in [3.63, 3.8) is 0 Å². The Bertz CT molecular complexity index is 1910. The third-order valence-corrected chi connectivity index (χ3v) is 7.36. The van der Waals surface area contributed by atoms with E-state index in [4.69, 9.17) is 28.4 Å². The van der Waals surface area contributed by atoms with Crippen LogP contribution in [0.5, 0.6) is 17.2 Å². The lowest BCUT2D eigenvalue weighted by Crippen LogP contribution is -2.50. The molecule has 0 aliphatic heterocycles. The van der Waals surface area contributed by atoms with Gasteiger partial charge in [-0.3, -0.25) is 9.36 Å². The first-order valence-corrected chi connectivity index (χ1v) is 17.0. The van der Waals surface area contributed by atoms with Gasteiger partial charge in [-0.05, 0) is 88.6 Å². The van der Waals surface area contributed by atoms with Crippen LogP contribution in [0.4, 0.5) is 14.4 Å². The molecule has 0 aliphatic carbocycles. The van der Waals surface area contributed by atoms with Crippen LogP contribution >= 0.6 is 0 Å². The molecule has 0 spiro atoms. The van der Waals surface area contributed by atoms with Crippen molar-refractivity contribution >= 4 is 47.3 Å². The number of carbonyl (C=O) groups is 4. The molecule has 1 heterocycles. The minimum Gasteiger partial charge on any atom is -0.497 e. The Morgan fingerprint density at radius 1 is 0.774 bits per heavy atom. The molecule has 3 aromatic carbocycles. The number of alkyl carbamates (subject to hydrolysis) is 1. The zero-order valence-corrected chi connectivity index (χ0v) is 31.3. The molecule has 0 saturated heterocycles. The standard InChI is InChI=1S/C40H47N3O10/c1-39(2,3)52-36(45)42-33(23-28-25-43(37(46)53-40(4,5)6)34-12-10-9-11-32(28)34)35(44)41-19-20-50-38(47)51-29-17-15-26(16-18-29)13-14-27-21-30(48-7)24-31(22-27)49-8/h9-18,21-22,24-25,33H,19-20,23H2,1-8H3,(H,41,44)(H,42,45)/b14-13+. The van der Waals surface area contributed by atoms with Crippen LogP contribution < -0.4 is 24.8 Å². The molecule has 1 aromatic heterocycles. The second-order valence-electron chi connectivity index (χ2n) is 14.0. The predicted octanol–water partition coefficient (Wildman–Crippen LogP) is 7.38. The van der Waals surface area contributed by atoms with Crippen LogP contribution in [0, 0.1) is 0 Å². The van der Waals surface area contributed by atoms with Crippen LogP contribution in [-0.2, 0) is 25.4 Å². The summed E-state index contributed by atoms with van der Waals surface area (Å²) in [6.45, 7) is 10.2. The van der Waals surface area contributed by atoms with Gasteiger partial charge in [-0.2, -0.15) is 0 Å². The van der Waals surface area contributed by atoms with Crippen molar-refractivity contribution in [2.75, 3.05) is 27.4 Å². The molecule has 13 nitrogen and oxygen atoms in total. The van der Waals surface area contributed by atoms with Crippen LogP contribution in [0.25, 0.3) is 23.1 Å². The highest BCUT2D eigenvalue weighted by Crippen LogP contribution is 2.26. The van der Waals surface area contributed by atoms with Crippen molar-refractivity contribution in [1.29, 1.82) is 0 Å². The van der Waals surface area contributed by atoms with E-state index in [1.54, 1.807) is 104 Å². The number of hydrogen-bond acceptors (Lipinski definition) is 10.